The van der Waals surface area contributed by atoms with Crippen molar-refractivity contribution in [2.75, 3.05) is 35.1 Å². The molecule has 2 aromatic rings. The summed E-state index contributed by atoms with van der Waals surface area (Å²) in [4.78, 5) is 14.7. The highest BCUT2D eigenvalue weighted by atomic mass is 32.2. The van der Waals surface area contributed by atoms with E-state index in [0.29, 0.717) is 37.7 Å². The van der Waals surface area contributed by atoms with E-state index in [2.05, 4.69) is 41.4 Å². The summed E-state index contributed by atoms with van der Waals surface area (Å²) >= 11 is 0. The lowest BCUT2D eigenvalue weighted by Crippen LogP contribution is -2.34. The van der Waals surface area contributed by atoms with Crippen LogP contribution in [0.5, 0.6) is 0 Å². The molecule has 1 aliphatic heterocycles. The molecular weight excluding hydrogens is 422 g/mol. The Morgan fingerprint density at radius 2 is 1.88 bits per heavy atom. The van der Waals surface area contributed by atoms with Crippen molar-refractivity contribution in [2.24, 2.45) is 0 Å². The van der Waals surface area contributed by atoms with Crippen molar-refractivity contribution >= 4 is 27.3 Å². The van der Waals surface area contributed by atoms with Crippen molar-refractivity contribution in [3.05, 3.63) is 59.2 Å². The Kier molecular flexibility index (Phi) is 7.82. The molecule has 32 heavy (non-hydrogen) atoms. The highest BCUT2D eigenvalue weighted by molar-refractivity contribution is 7.92. The van der Waals surface area contributed by atoms with Crippen LogP contribution < -0.4 is 14.5 Å². The highest BCUT2D eigenvalue weighted by Gasteiger charge is 2.24. The minimum absolute atomic E-state index is 0.0331. The fourth-order valence-corrected chi connectivity index (χ4v) is 5.41. The van der Waals surface area contributed by atoms with Crippen molar-refractivity contribution in [1.29, 1.82) is 0 Å². The van der Waals surface area contributed by atoms with Crippen LogP contribution in [0.25, 0.3) is 0 Å². The van der Waals surface area contributed by atoms with Crippen LogP contribution in [0.3, 0.4) is 0 Å². The SMILES string of the molecule is Cc1cccc(N(CCCC(=O)NCCCN2c3ccccc3C[C@@H]2C)S(C)(=O)=O)c1C. The lowest BCUT2D eigenvalue weighted by molar-refractivity contribution is -0.121. The van der Waals surface area contributed by atoms with Gasteiger partial charge in [0.05, 0.1) is 11.9 Å². The standard InChI is InChI=1S/C25H35N3O3S/c1-19-10-7-13-23(21(19)3)28(32(4,30)31)17-8-14-25(29)26-15-9-16-27-20(2)18-22-11-5-6-12-24(22)27/h5-7,10-13,20H,8-9,14-18H2,1-4H3,(H,26,29)/t20-/m0/s1. The van der Waals surface area contributed by atoms with Crippen LogP contribution in [-0.4, -0.2) is 46.3 Å². The van der Waals surface area contributed by atoms with Crippen LogP contribution in [0.1, 0.15) is 42.9 Å². The number of anilines is 2. The van der Waals surface area contributed by atoms with Crippen molar-refractivity contribution in [2.45, 2.75) is 52.5 Å². The minimum atomic E-state index is -3.42. The number of para-hydroxylation sites is 1. The number of benzene rings is 2. The fourth-order valence-electron chi connectivity index (χ4n) is 4.39. The monoisotopic (exact) mass is 457 g/mol. The van der Waals surface area contributed by atoms with Gasteiger partial charge < -0.3 is 10.2 Å². The molecule has 0 bridgehead atoms. The number of nitrogens with zero attached hydrogens (tertiary/aromatic N) is 2. The third-order valence-electron chi connectivity index (χ3n) is 6.26. The molecule has 0 radical (unpaired) electrons. The Balaban J connectivity index is 1.44. The van der Waals surface area contributed by atoms with Crippen molar-refractivity contribution in [1.82, 2.24) is 5.32 Å². The van der Waals surface area contributed by atoms with E-state index in [4.69, 9.17) is 0 Å². The molecule has 3 rings (SSSR count). The molecule has 7 heteroatoms. The molecule has 0 aliphatic carbocycles. The van der Waals surface area contributed by atoms with Crippen molar-refractivity contribution in [3.8, 4) is 0 Å². The molecule has 1 heterocycles. The molecule has 0 spiro atoms. The van der Waals surface area contributed by atoms with Gasteiger partial charge in [0.15, 0.2) is 0 Å². The Morgan fingerprint density at radius 1 is 1.12 bits per heavy atom. The summed E-state index contributed by atoms with van der Waals surface area (Å²) < 4.78 is 26.1. The number of amides is 1. The van der Waals surface area contributed by atoms with Crippen LogP contribution in [0.15, 0.2) is 42.5 Å². The number of carbonyl (C=O) groups is 1. The molecule has 0 fully saturated rings. The number of hydrogen-bond donors (Lipinski definition) is 1. The first-order chi connectivity index (χ1) is 15.2. The van der Waals surface area contributed by atoms with Crippen LogP contribution >= 0.6 is 0 Å². The molecule has 0 unspecified atom stereocenters. The predicted molar refractivity (Wildman–Crippen MR) is 132 cm³/mol. The van der Waals surface area contributed by atoms with Gasteiger partial charge in [-0.1, -0.05) is 30.3 Å². The van der Waals surface area contributed by atoms with Gasteiger partial charge in [-0.25, -0.2) is 8.42 Å². The molecule has 0 aromatic heterocycles. The lowest BCUT2D eigenvalue weighted by atomic mass is 10.1. The molecule has 6 nitrogen and oxygen atoms in total. The van der Waals surface area contributed by atoms with Crippen LogP contribution in [0.2, 0.25) is 0 Å². The van der Waals surface area contributed by atoms with E-state index >= 15 is 0 Å². The van der Waals surface area contributed by atoms with E-state index in [1.165, 1.54) is 21.8 Å². The second-order valence-corrected chi connectivity index (χ2v) is 10.6. The third-order valence-corrected chi connectivity index (χ3v) is 7.44. The van der Waals surface area contributed by atoms with E-state index < -0.39 is 10.0 Å². The summed E-state index contributed by atoms with van der Waals surface area (Å²) in [5.74, 6) is -0.0331. The minimum Gasteiger partial charge on any atom is -0.368 e. The van der Waals surface area contributed by atoms with Gasteiger partial charge in [-0.3, -0.25) is 9.10 Å². The van der Waals surface area contributed by atoms with E-state index in [9.17, 15) is 13.2 Å². The number of aryl methyl sites for hydroxylation is 1. The summed E-state index contributed by atoms with van der Waals surface area (Å²) in [7, 11) is -3.42. The molecule has 1 atom stereocenters. The average molecular weight is 458 g/mol. The van der Waals surface area contributed by atoms with Gasteiger partial charge in [0.2, 0.25) is 15.9 Å². The van der Waals surface area contributed by atoms with Crippen LogP contribution in [0.4, 0.5) is 11.4 Å². The second-order valence-electron chi connectivity index (χ2n) is 8.74. The zero-order valence-corrected chi connectivity index (χ0v) is 20.4. The molecule has 1 aliphatic rings. The zero-order chi connectivity index (χ0) is 23.3. The number of carbonyl (C=O) groups excluding carboxylic acids is 1. The van der Waals surface area contributed by atoms with Gasteiger partial charge in [0, 0.05) is 37.8 Å². The number of sulfonamides is 1. The molecule has 0 saturated heterocycles. The molecule has 174 valence electrons. The normalized spacial score (nSPS) is 15.5. The van der Waals surface area contributed by atoms with Gasteiger partial charge in [-0.15, -0.1) is 0 Å². The van der Waals surface area contributed by atoms with Crippen LogP contribution in [-0.2, 0) is 21.2 Å². The molecule has 1 amide bonds. The second kappa shape index (κ2) is 10.4. The Bertz CT molecular complexity index is 1050. The summed E-state index contributed by atoms with van der Waals surface area (Å²) in [6.07, 6.45) is 3.94. The average Bonchev–Trinajstić information content (AvgIpc) is 3.05. The van der Waals surface area contributed by atoms with Gasteiger partial charge >= 0.3 is 0 Å². The largest absolute Gasteiger partial charge is 0.368 e. The smallest absolute Gasteiger partial charge is 0.232 e. The first-order valence-corrected chi connectivity index (χ1v) is 13.2. The summed E-state index contributed by atoms with van der Waals surface area (Å²) in [6.45, 7) is 7.95. The topological polar surface area (TPSA) is 69.7 Å². The quantitative estimate of drug-likeness (QED) is 0.551. The van der Waals surface area contributed by atoms with Gasteiger partial charge in [-0.05, 0) is 68.9 Å². The summed E-state index contributed by atoms with van der Waals surface area (Å²) in [5, 5.41) is 2.98. The highest BCUT2D eigenvalue weighted by Crippen LogP contribution is 2.31. The maximum Gasteiger partial charge on any atom is 0.232 e. The first-order valence-electron chi connectivity index (χ1n) is 11.3. The lowest BCUT2D eigenvalue weighted by Gasteiger charge is -2.25. The first kappa shape index (κ1) is 24.1. The zero-order valence-electron chi connectivity index (χ0n) is 19.6. The molecular formula is C25H35N3O3S. The van der Waals surface area contributed by atoms with Crippen LogP contribution in [0, 0.1) is 13.8 Å². The molecule has 1 N–H and O–H groups in total. The summed E-state index contributed by atoms with van der Waals surface area (Å²) in [6, 6.07) is 14.6. The number of fused-ring (bicyclic) bond motifs is 1. The van der Waals surface area contributed by atoms with E-state index in [0.717, 1.165) is 30.5 Å². The Labute approximate surface area is 192 Å². The molecule has 0 saturated carbocycles. The number of hydrogen-bond acceptors (Lipinski definition) is 4. The maximum absolute atomic E-state index is 12.3. The number of nitrogens with one attached hydrogen (secondary N) is 1. The summed E-state index contributed by atoms with van der Waals surface area (Å²) in [5.41, 5.74) is 5.37. The maximum atomic E-state index is 12.3. The number of rotatable bonds is 10. The Hall–Kier alpha value is -2.54. The van der Waals surface area contributed by atoms with E-state index in [-0.39, 0.29) is 5.91 Å². The van der Waals surface area contributed by atoms with E-state index in [1.807, 2.05) is 32.0 Å². The third kappa shape index (κ3) is 5.82. The van der Waals surface area contributed by atoms with E-state index in [1.54, 1.807) is 0 Å². The van der Waals surface area contributed by atoms with Gasteiger partial charge in [-0.2, -0.15) is 0 Å². The fraction of sp³-hybridized carbons (Fsp3) is 0.480. The predicted octanol–water partition coefficient (Wildman–Crippen LogP) is 3.81. The molecule has 2 aromatic carbocycles. The van der Waals surface area contributed by atoms with Gasteiger partial charge in [0.25, 0.3) is 0 Å². The van der Waals surface area contributed by atoms with Gasteiger partial charge in [0.1, 0.15) is 0 Å². The van der Waals surface area contributed by atoms with Crippen molar-refractivity contribution in [3.63, 3.8) is 0 Å². The van der Waals surface area contributed by atoms with Crippen molar-refractivity contribution < 1.29 is 13.2 Å². The Morgan fingerprint density at radius 3 is 2.62 bits per heavy atom.